The van der Waals surface area contributed by atoms with Gasteiger partial charge in [-0.3, -0.25) is 4.98 Å². The maximum absolute atomic E-state index is 5.21. The highest BCUT2D eigenvalue weighted by atomic mass is 16.5. The second-order valence-electron chi connectivity index (χ2n) is 6.47. The summed E-state index contributed by atoms with van der Waals surface area (Å²) in [5.74, 6) is 2.52. The second-order valence-corrected chi connectivity index (χ2v) is 6.47. The van der Waals surface area contributed by atoms with Gasteiger partial charge in [-0.25, -0.2) is 9.97 Å². The summed E-state index contributed by atoms with van der Waals surface area (Å²) in [4.78, 5) is 16.3. The molecule has 2 aromatic heterocycles. The Morgan fingerprint density at radius 2 is 2.08 bits per heavy atom. The van der Waals surface area contributed by atoms with Crippen molar-refractivity contribution in [3.8, 4) is 0 Å². The van der Waals surface area contributed by atoms with Crippen LogP contribution in [0, 0.1) is 0 Å². The van der Waals surface area contributed by atoms with Gasteiger partial charge in [0.15, 0.2) is 0 Å². The number of hydrogen-bond acceptors (Lipinski definition) is 5. The molecule has 1 saturated heterocycles. The molecule has 0 spiro atoms. The summed E-state index contributed by atoms with van der Waals surface area (Å²) < 4.78 is 7.42. The van der Waals surface area contributed by atoms with E-state index in [-0.39, 0.29) is 0 Å². The van der Waals surface area contributed by atoms with E-state index in [0.717, 1.165) is 55.2 Å². The number of piperidine rings is 1. The van der Waals surface area contributed by atoms with E-state index in [2.05, 4.69) is 19.4 Å². The number of fused-ring (bicyclic) bond motifs is 1. The number of hydrogen-bond donors (Lipinski definition) is 0. The summed E-state index contributed by atoms with van der Waals surface area (Å²) >= 11 is 0. The first-order chi connectivity index (χ1) is 12.3. The molecule has 1 fully saturated rings. The molecule has 3 aromatic rings. The molecule has 4 rings (SSSR count). The van der Waals surface area contributed by atoms with Gasteiger partial charge >= 0.3 is 0 Å². The second kappa shape index (κ2) is 7.19. The van der Waals surface area contributed by atoms with Crippen LogP contribution in [0.4, 0.5) is 5.82 Å². The molecule has 1 atom stereocenters. The molecule has 6 heteroatoms. The van der Waals surface area contributed by atoms with Crippen molar-refractivity contribution in [2.75, 3.05) is 31.7 Å². The van der Waals surface area contributed by atoms with E-state index in [4.69, 9.17) is 9.72 Å². The zero-order chi connectivity index (χ0) is 17.1. The fraction of sp³-hybridized carbons (Fsp3) is 0.421. The minimum absolute atomic E-state index is 0.411. The van der Waals surface area contributed by atoms with Crippen molar-refractivity contribution in [1.29, 1.82) is 0 Å². The van der Waals surface area contributed by atoms with Crippen molar-refractivity contribution in [2.45, 2.75) is 25.3 Å². The van der Waals surface area contributed by atoms with Crippen LogP contribution in [-0.4, -0.2) is 46.3 Å². The topological polar surface area (TPSA) is 56.1 Å². The summed E-state index contributed by atoms with van der Waals surface area (Å²) in [6, 6.07) is 8.02. The molecule has 1 aliphatic heterocycles. The van der Waals surface area contributed by atoms with E-state index in [9.17, 15) is 0 Å². The predicted octanol–water partition coefficient (Wildman–Crippen LogP) is 2.86. The van der Waals surface area contributed by atoms with Crippen LogP contribution in [0.5, 0.6) is 0 Å². The van der Waals surface area contributed by atoms with Crippen LogP contribution in [0.15, 0.2) is 42.9 Å². The molecule has 3 heterocycles. The average Bonchev–Trinajstić information content (AvgIpc) is 3.14. The van der Waals surface area contributed by atoms with Crippen molar-refractivity contribution in [3.63, 3.8) is 0 Å². The maximum Gasteiger partial charge on any atom is 0.147 e. The van der Waals surface area contributed by atoms with Gasteiger partial charge in [0, 0.05) is 45.1 Å². The highest BCUT2D eigenvalue weighted by molar-refractivity contribution is 5.75. The molecule has 0 aliphatic carbocycles. The Hall–Kier alpha value is -2.47. The monoisotopic (exact) mass is 337 g/mol. The molecule has 0 unspecified atom stereocenters. The largest absolute Gasteiger partial charge is 0.383 e. The van der Waals surface area contributed by atoms with E-state index in [1.54, 1.807) is 7.11 Å². The van der Waals surface area contributed by atoms with E-state index in [0.29, 0.717) is 12.5 Å². The Morgan fingerprint density at radius 3 is 2.96 bits per heavy atom. The third-order valence-electron chi connectivity index (χ3n) is 4.83. The number of para-hydroxylation sites is 2. The Balaban J connectivity index is 1.55. The molecule has 0 saturated carbocycles. The Labute approximate surface area is 147 Å². The smallest absolute Gasteiger partial charge is 0.147 e. The van der Waals surface area contributed by atoms with Crippen LogP contribution in [0.2, 0.25) is 0 Å². The van der Waals surface area contributed by atoms with E-state index in [1.165, 1.54) is 0 Å². The lowest BCUT2D eigenvalue weighted by atomic mass is 9.97. The molecule has 6 nitrogen and oxygen atoms in total. The van der Waals surface area contributed by atoms with Crippen molar-refractivity contribution >= 4 is 16.9 Å². The highest BCUT2D eigenvalue weighted by Crippen LogP contribution is 2.28. The molecular weight excluding hydrogens is 314 g/mol. The number of anilines is 1. The molecule has 0 radical (unpaired) electrons. The van der Waals surface area contributed by atoms with Gasteiger partial charge in [-0.15, -0.1) is 0 Å². The Morgan fingerprint density at radius 1 is 1.20 bits per heavy atom. The molecule has 25 heavy (non-hydrogen) atoms. The number of ether oxygens (including phenoxy) is 1. The quantitative estimate of drug-likeness (QED) is 0.716. The van der Waals surface area contributed by atoms with Gasteiger partial charge in [0.2, 0.25) is 0 Å². The molecule has 1 aromatic carbocycles. The van der Waals surface area contributed by atoms with Crippen LogP contribution in [0.3, 0.4) is 0 Å². The number of aromatic nitrogens is 4. The summed E-state index contributed by atoms with van der Waals surface area (Å²) in [6.07, 6.45) is 8.11. The fourth-order valence-corrected chi connectivity index (χ4v) is 3.56. The SMILES string of the molecule is COCCn1ccnc1[C@H]1CCCN(c2cnc3ccccc3n2)C1. The van der Waals surface area contributed by atoms with E-state index < -0.39 is 0 Å². The summed E-state index contributed by atoms with van der Waals surface area (Å²) in [7, 11) is 1.73. The molecule has 0 bridgehead atoms. The van der Waals surface area contributed by atoms with Crippen LogP contribution >= 0.6 is 0 Å². The van der Waals surface area contributed by atoms with E-state index >= 15 is 0 Å². The van der Waals surface area contributed by atoms with Crippen LogP contribution < -0.4 is 4.90 Å². The van der Waals surface area contributed by atoms with E-state index in [1.807, 2.05) is 42.9 Å². The first kappa shape index (κ1) is 16.0. The van der Waals surface area contributed by atoms with Crippen LogP contribution in [0.25, 0.3) is 11.0 Å². The molecule has 1 aliphatic rings. The van der Waals surface area contributed by atoms with Gasteiger partial charge in [-0.05, 0) is 25.0 Å². The van der Waals surface area contributed by atoms with Crippen LogP contribution in [0.1, 0.15) is 24.6 Å². The van der Waals surface area contributed by atoms with Gasteiger partial charge in [0.25, 0.3) is 0 Å². The van der Waals surface area contributed by atoms with Gasteiger partial charge in [-0.1, -0.05) is 12.1 Å². The molecular formula is C19H23N5O. The molecule has 0 amide bonds. The fourth-order valence-electron chi connectivity index (χ4n) is 3.56. The van der Waals surface area contributed by atoms with Crippen molar-refractivity contribution in [3.05, 3.63) is 48.7 Å². The van der Waals surface area contributed by atoms with Crippen molar-refractivity contribution in [1.82, 2.24) is 19.5 Å². The lowest BCUT2D eigenvalue weighted by Gasteiger charge is -2.33. The molecule has 130 valence electrons. The molecule has 0 N–H and O–H groups in total. The van der Waals surface area contributed by atoms with Gasteiger partial charge < -0.3 is 14.2 Å². The third-order valence-corrected chi connectivity index (χ3v) is 4.83. The number of imidazole rings is 1. The summed E-state index contributed by atoms with van der Waals surface area (Å²) in [5, 5.41) is 0. The minimum atomic E-state index is 0.411. The first-order valence-electron chi connectivity index (χ1n) is 8.82. The summed E-state index contributed by atoms with van der Waals surface area (Å²) in [6.45, 7) is 3.49. The van der Waals surface area contributed by atoms with Crippen LogP contribution in [-0.2, 0) is 11.3 Å². The number of benzene rings is 1. The predicted molar refractivity (Wildman–Crippen MR) is 97.8 cm³/mol. The van der Waals surface area contributed by atoms with Gasteiger partial charge in [0.05, 0.1) is 23.8 Å². The summed E-state index contributed by atoms with van der Waals surface area (Å²) in [5.41, 5.74) is 1.89. The number of methoxy groups -OCH3 is 1. The van der Waals surface area contributed by atoms with Crippen molar-refractivity contribution < 1.29 is 4.74 Å². The zero-order valence-electron chi connectivity index (χ0n) is 14.5. The number of rotatable bonds is 5. The third kappa shape index (κ3) is 3.35. The zero-order valence-corrected chi connectivity index (χ0v) is 14.5. The number of nitrogens with zero attached hydrogens (tertiary/aromatic N) is 5. The van der Waals surface area contributed by atoms with Crippen molar-refractivity contribution in [2.24, 2.45) is 0 Å². The minimum Gasteiger partial charge on any atom is -0.383 e. The average molecular weight is 337 g/mol. The standard InChI is InChI=1S/C19H23N5O/c1-25-12-11-23-10-8-20-19(23)15-5-4-9-24(14-15)18-13-21-16-6-2-3-7-17(16)22-18/h2-3,6-8,10,13,15H,4-5,9,11-12,14H2,1H3/t15-/m0/s1. The maximum atomic E-state index is 5.21. The first-order valence-corrected chi connectivity index (χ1v) is 8.82. The van der Waals surface area contributed by atoms with Gasteiger partial charge in [0.1, 0.15) is 11.6 Å². The normalized spacial score (nSPS) is 18.0. The van der Waals surface area contributed by atoms with Gasteiger partial charge in [-0.2, -0.15) is 0 Å². The lowest BCUT2D eigenvalue weighted by Crippen LogP contribution is -2.36. The Kier molecular flexibility index (Phi) is 4.61. The highest BCUT2D eigenvalue weighted by Gasteiger charge is 2.25. The Bertz CT molecular complexity index is 846. The lowest BCUT2D eigenvalue weighted by molar-refractivity contribution is 0.185.